The van der Waals surface area contributed by atoms with Gasteiger partial charge in [-0.1, -0.05) is 32.1 Å². The molecule has 0 saturated heterocycles. The molecule has 1 aromatic rings. The Morgan fingerprint density at radius 3 is 2.71 bits per heavy atom. The Morgan fingerprint density at radius 1 is 1.35 bits per heavy atom. The van der Waals surface area contributed by atoms with E-state index in [0.717, 1.165) is 29.6 Å². The summed E-state index contributed by atoms with van der Waals surface area (Å²) in [6.07, 6.45) is 9.08. The SMILES string of the molecule is Cc1nc(CCC2CCCCC2)c(C#N)n1C. The zero-order valence-corrected chi connectivity index (χ0v) is 10.9. The monoisotopic (exact) mass is 231 g/mol. The number of aryl methyl sites for hydroxylation is 2. The zero-order chi connectivity index (χ0) is 12.3. The van der Waals surface area contributed by atoms with E-state index in [2.05, 4.69) is 11.1 Å². The van der Waals surface area contributed by atoms with Crippen LogP contribution in [0.4, 0.5) is 0 Å². The molecule has 0 atom stereocenters. The van der Waals surface area contributed by atoms with Crippen molar-refractivity contribution < 1.29 is 0 Å². The van der Waals surface area contributed by atoms with E-state index in [9.17, 15) is 0 Å². The van der Waals surface area contributed by atoms with Crippen LogP contribution in [-0.2, 0) is 13.5 Å². The number of imidazole rings is 1. The van der Waals surface area contributed by atoms with Gasteiger partial charge in [0.05, 0.1) is 5.69 Å². The number of nitrogens with zero attached hydrogens (tertiary/aromatic N) is 3. The highest BCUT2D eigenvalue weighted by atomic mass is 15.1. The van der Waals surface area contributed by atoms with Gasteiger partial charge in [0.1, 0.15) is 17.6 Å². The van der Waals surface area contributed by atoms with Crippen molar-refractivity contribution in [2.45, 2.75) is 51.9 Å². The van der Waals surface area contributed by atoms with Crippen LogP contribution in [0.2, 0.25) is 0 Å². The minimum atomic E-state index is 0.748. The number of rotatable bonds is 3. The molecule has 2 rings (SSSR count). The second kappa shape index (κ2) is 5.35. The Labute approximate surface area is 103 Å². The topological polar surface area (TPSA) is 41.6 Å². The molecule has 0 aliphatic heterocycles. The normalized spacial score (nSPS) is 17.0. The van der Waals surface area contributed by atoms with Crippen LogP contribution >= 0.6 is 0 Å². The van der Waals surface area contributed by atoms with Gasteiger partial charge < -0.3 is 4.57 Å². The minimum absolute atomic E-state index is 0.748. The molecule has 1 heterocycles. The lowest BCUT2D eigenvalue weighted by Crippen LogP contribution is -2.08. The van der Waals surface area contributed by atoms with Crippen molar-refractivity contribution in [1.82, 2.24) is 9.55 Å². The Morgan fingerprint density at radius 2 is 2.06 bits per heavy atom. The first-order valence-electron chi connectivity index (χ1n) is 6.64. The molecular weight excluding hydrogens is 210 g/mol. The van der Waals surface area contributed by atoms with Gasteiger partial charge in [-0.2, -0.15) is 5.26 Å². The predicted octanol–water partition coefficient (Wildman–Crippen LogP) is 3.11. The average Bonchev–Trinajstić information content (AvgIpc) is 2.63. The van der Waals surface area contributed by atoms with Crippen molar-refractivity contribution in [2.24, 2.45) is 13.0 Å². The molecule has 0 N–H and O–H groups in total. The first-order valence-corrected chi connectivity index (χ1v) is 6.64. The molecule has 1 aliphatic rings. The lowest BCUT2D eigenvalue weighted by molar-refractivity contribution is 0.338. The van der Waals surface area contributed by atoms with E-state index in [1.54, 1.807) is 0 Å². The Hall–Kier alpha value is -1.30. The van der Waals surface area contributed by atoms with E-state index in [1.165, 1.54) is 38.5 Å². The third-order valence-corrected chi connectivity index (χ3v) is 4.01. The molecule has 92 valence electrons. The van der Waals surface area contributed by atoms with Crippen LogP contribution in [0.25, 0.3) is 0 Å². The molecule has 1 aliphatic carbocycles. The van der Waals surface area contributed by atoms with Crippen molar-refractivity contribution in [3.8, 4) is 6.07 Å². The maximum absolute atomic E-state index is 9.14. The Kier molecular flexibility index (Phi) is 3.83. The van der Waals surface area contributed by atoms with Crippen LogP contribution in [0.5, 0.6) is 0 Å². The summed E-state index contributed by atoms with van der Waals surface area (Å²) in [5.74, 6) is 1.80. The molecule has 1 saturated carbocycles. The second-order valence-electron chi connectivity index (χ2n) is 5.17. The largest absolute Gasteiger partial charge is 0.323 e. The molecule has 0 spiro atoms. The van der Waals surface area contributed by atoms with Crippen LogP contribution in [0.1, 0.15) is 55.7 Å². The first-order chi connectivity index (χ1) is 8.22. The molecule has 17 heavy (non-hydrogen) atoms. The standard InChI is InChI=1S/C14H21N3/c1-11-16-13(14(10-15)17(11)2)9-8-12-6-4-3-5-7-12/h12H,3-9H2,1-2H3. The van der Waals surface area contributed by atoms with Crippen molar-refractivity contribution in [2.75, 3.05) is 0 Å². The molecular formula is C14H21N3. The van der Waals surface area contributed by atoms with Crippen LogP contribution in [0.15, 0.2) is 0 Å². The molecule has 0 radical (unpaired) electrons. The maximum atomic E-state index is 9.14. The van der Waals surface area contributed by atoms with Crippen LogP contribution in [0, 0.1) is 24.2 Å². The van der Waals surface area contributed by atoms with Crippen molar-refractivity contribution in [1.29, 1.82) is 5.26 Å². The molecule has 0 aromatic carbocycles. The van der Waals surface area contributed by atoms with Gasteiger partial charge in [-0.25, -0.2) is 4.98 Å². The van der Waals surface area contributed by atoms with E-state index < -0.39 is 0 Å². The molecule has 1 aromatic heterocycles. The van der Waals surface area contributed by atoms with Crippen LogP contribution < -0.4 is 0 Å². The highest BCUT2D eigenvalue weighted by molar-refractivity contribution is 5.29. The van der Waals surface area contributed by atoms with Crippen molar-refractivity contribution in [3.63, 3.8) is 0 Å². The summed E-state index contributed by atoms with van der Waals surface area (Å²) >= 11 is 0. The maximum Gasteiger partial charge on any atom is 0.143 e. The number of aromatic nitrogens is 2. The molecule has 0 unspecified atom stereocenters. The van der Waals surface area contributed by atoms with Gasteiger partial charge in [0.2, 0.25) is 0 Å². The fraction of sp³-hybridized carbons (Fsp3) is 0.714. The van der Waals surface area contributed by atoms with Crippen molar-refractivity contribution >= 4 is 0 Å². The Balaban J connectivity index is 1.99. The molecule has 3 nitrogen and oxygen atoms in total. The third-order valence-electron chi connectivity index (χ3n) is 4.01. The van der Waals surface area contributed by atoms with Crippen LogP contribution in [0.3, 0.4) is 0 Å². The second-order valence-corrected chi connectivity index (χ2v) is 5.17. The number of hydrogen-bond acceptors (Lipinski definition) is 2. The van der Waals surface area contributed by atoms with E-state index >= 15 is 0 Å². The van der Waals surface area contributed by atoms with E-state index in [4.69, 9.17) is 5.26 Å². The summed E-state index contributed by atoms with van der Waals surface area (Å²) < 4.78 is 1.90. The molecule has 3 heteroatoms. The molecule has 1 fully saturated rings. The van der Waals surface area contributed by atoms with E-state index in [0.29, 0.717) is 0 Å². The van der Waals surface area contributed by atoms with E-state index in [1.807, 2.05) is 18.5 Å². The fourth-order valence-corrected chi connectivity index (χ4v) is 2.81. The van der Waals surface area contributed by atoms with Gasteiger partial charge in [0.25, 0.3) is 0 Å². The van der Waals surface area contributed by atoms with Gasteiger partial charge in [-0.05, 0) is 25.7 Å². The van der Waals surface area contributed by atoms with Gasteiger partial charge >= 0.3 is 0 Å². The summed E-state index contributed by atoms with van der Waals surface area (Å²) in [4.78, 5) is 4.51. The lowest BCUT2D eigenvalue weighted by atomic mass is 9.86. The van der Waals surface area contributed by atoms with E-state index in [-0.39, 0.29) is 0 Å². The Bertz CT molecular complexity index is 419. The van der Waals surface area contributed by atoms with Gasteiger partial charge in [0, 0.05) is 7.05 Å². The summed E-state index contributed by atoms with van der Waals surface area (Å²) in [7, 11) is 1.92. The zero-order valence-electron chi connectivity index (χ0n) is 10.9. The third kappa shape index (κ3) is 2.69. The number of nitriles is 1. The highest BCUT2D eigenvalue weighted by Gasteiger charge is 2.16. The summed E-state index contributed by atoms with van der Waals surface area (Å²) in [5, 5.41) is 9.14. The van der Waals surface area contributed by atoms with Crippen LogP contribution in [-0.4, -0.2) is 9.55 Å². The van der Waals surface area contributed by atoms with Gasteiger partial charge in [0.15, 0.2) is 0 Å². The summed E-state index contributed by atoms with van der Waals surface area (Å²) in [6, 6.07) is 2.27. The van der Waals surface area contributed by atoms with Gasteiger partial charge in [-0.3, -0.25) is 0 Å². The smallest absolute Gasteiger partial charge is 0.143 e. The quantitative estimate of drug-likeness (QED) is 0.802. The van der Waals surface area contributed by atoms with Gasteiger partial charge in [-0.15, -0.1) is 0 Å². The van der Waals surface area contributed by atoms with Crippen molar-refractivity contribution in [3.05, 3.63) is 17.2 Å². The first kappa shape index (κ1) is 12.2. The summed E-state index contributed by atoms with van der Waals surface area (Å²) in [6.45, 7) is 1.96. The number of hydrogen-bond donors (Lipinski definition) is 0. The highest BCUT2D eigenvalue weighted by Crippen LogP contribution is 2.27. The molecule has 0 amide bonds. The summed E-state index contributed by atoms with van der Waals surface area (Å²) in [5.41, 5.74) is 1.75. The predicted molar refractivity (Wildman–Crippen MR) is 67.6 cm³/mol. The lowest BCUT2D eigenvalue weighted by Gasteiger charge is -2.20. The fourth-order valence-electron chi connectivity index (χ4n) is 2.81. The minimum Gasteiger partial charge on any atom is -0.323 e. The molecule has 0 bridgehead atoms. The average molecular weight is 231 g/mol.